The first-order chi connectivity index (χ1) is 10.3. The van der Waals surface area contributed by atoms with Crippen molar-refractivity contribution in [2.24, 2.45) is 0 Å². The lowest BCUT2D eigenvalue weighted by Gasteiger charge is -2.27. The molecular formula is C16H16N4S. The molecule has 0 saturated heterocycles. The highest BCUT2D eigenvalue weighted by atomic mass is 32.1. The Morgan fingerprint density at radius 3 is 3.00 bits per heavy atom. The Balaban J connectivity index is 1.67. The highest BCUT2D eigenvalue weighted by Crippen LogP contribution is 2.31. The van der Waals surface area contributed by atoms with Gasteiger partial charge in [0.2, 0.25) is 0 Å². The number of hydrogen-bond acceptors (Lipinski definition) is 5. The summed E-state index contributed by atoms with van der Waals surface area (Å²) in [6, 6.07) is 8.31. The average molecular weight is 296 g/mol. The highest BCUT2D eigenvalue weighted by molar-refractivity contribution is 7.22. The van der Waals surface area contributed by atoms with Crippen LogP contribution in [0.2, 0.25) is 0 Å². The standard InChI is InChI=1S/C16H16N4S/c1-2-15-17-9-11-7-8-20(10-13(11)18-15)16-19-12-5-3-4-6-14(12)21-16/h3-6,9H,2,7-8,10H2,1H3. The Bertz CT molecular complexity index is 763. The lowest BCUT2D eigenvalue weighted by atomic mass is 10.1. The van der Waals surface area contributed by atoms with Gasteiger partial charge in [-0.25, -0.2) is 15.0 Å². The van der Waals surface area contributed by atoms with Crippen LogP contribution in [0, 0.1) is 0 Å². The number of anilines is 1. The van der Waals surface area contributed by atoms with Crippen LogP contribution in [0.3, 0.4) is 0 Å². The summed E-state index contributed by atoms with van der Waals surface area (Å²) in [7, 11) is 0. The van der Waals surface area contributed by atoms with Crippen LogP contribution in [-0.2, 0) is 19.4 Å². The molecule has 3 heterocycles. The zero-order chi connectivity index (χ0) is 14.2. The van der Waals surface area contributed by atoms with Gasteiger partial charge < -0.3 is 4.90 Å². The lowest BCUT2D eigenvalue weighted by Crippen LogP contribution is -2.31. The first-order valence-electron chi connectivity index (χ1n) is 7.27. The summed E-state index contributed by atoms with van der Waals surface area (Å²) in [4.78, 5) is 16.2. The van der Waals surface area contributed by atoms with Crippen LogP contribution in [-0.4, -0.2) is 21.5 Å². The fourth-order valence-corrected chi connectivity index (χ4v) is 3.66. The molecule has 3 aromatic rings. The zero-order valence-electron chi connectivity index (χ0n) is 11.9. The number of aromatic nitrogens is 3. The van der Waals surface area contributed by atoms with Crippen molar-refractivity contribution in [2.45, 2.75) is 26.3 Å². The monoisotopic (exact) mass is 296 g/mol. The van der Waals surface area contributed by atoms with Crippen LogP contribution in [0.1, 0.15) is 24.0 Å². The summed E-state index contributed by atoms with van der Waals surface area (Å²) >= 11 is 1.76. The molecule has 1 aliphatic rings. The Labute approximate surface area is 127 Å². The van der Waals surface area contributed by atoms with E-state index >= 15 is 0 Å². The maximum Gasteiger partial charge on any atom is 0.186 e. The van der Waals surface area contributed by atoms with Gasteiger partial charge >= 0.3 is 0 Å². The number of nitrogens with zero attached hydrogens (tertiary/aromatic N) is 4. The van der Waals surface area contributed by atoms with Gasteiger partial charge in [-0.2, -0.15) is 0 Å². The Kier molecular flexibility index (Phi) is 3.07. The number of para-hydroxylation sites is 1. The minimum absolute atomic E-state index is 0.838. The van der Waals surface area contributed by atoms with Crippen molar-refractivity contribution in [3.63, 3.8) is 0 Å². The topological polar surface area (TPSA) is 41.9 Å². The maximum absolute atomic E-state index is 4.75. The Morgan fingerprint density at radius 2 is 2.14 bits per heavy atom. The number of hydrogen-bond donors (Lipinski definition) is 0. The fourth-order valence-electron chi connectivity index (χ4n) is 2.67. The lowest BCUT2D eigenvalue weighted by molar-refractivity contribution is 0.691. The maximum atomic E-state index is 4.75. The van der Waals surface area contributed by atoms with E-state index in [1.165, 1.54) is 10.3 Å². The van der Waals surface area contributed by atoms with Gasteiger partial charge in [0.05, 0.1) is 22.5 Å². The van der Waals surface area contributed by atoms with E-state index in [0.717, 1.165) is 48.1 Å². The van der Waals surface area contributed by atoms with E-state index in [9.17, 15) is 0 Å². The van der Waals surface area contributed by atoms with Crippen LogP contribution in [0.4, 0.5) is 5.13 Å². The van der Waals surface area contributed by atoms with Crippen LogP contribution in [0.25, 0.3) is 10.2 Å². The van der Waals surface area contributed by atoms with E-state index < -0.39 is 0 Å². The second kappa shape index (κ2) is 5.07. The third-order valence-electron chi connectivity index (χ3n) is 3.87. The summed E-state index contributed by atoms with van der Waals surface area (Å²) in [6.07, 6.45) is 3.88. The molecule has 4 rings (SSSR count). The van der Waals surface area contributed by atoms with Gasteiger partial charge in [-0.15, -0.1) is 0 Å². The number of fused-ring (bicyclic) bond motifs is 2. The van der Waals surface area contributed by atoms with Gasteiger partial charge in [0.15, 0.2) is 5.13 Å². The third kappa shape index (κ3) is 2.27. The van der Waals surface area contributed by atoms with Gasteiger partial charge in [0, 0.05) is 19.2 Å². The molecule has 2 aromatic heterocycles. The van der Waals surface area contributed by atoms with E-state index in [-0.39, 0.29) is 0 Å². The largest absolute Gasteiger partial charge is 0.342 e. The minimum atomic E-state index is 0.838. The Morgan fingerprint density at radius 1 is 1.24 bits per heavy atom. The predicted molar refractivity (Wildman–Crippen MR) is 85.8 cm³/mol. The number of thiazole rings is 1. The molecular weight excluding hydrogens is 280 g/mol. The molecule has 4 nitrogen and oxygen atoms in total. The van der Waals surface area contributed by atoms with Crippen molar-refractivity contribution in [3.05, 3.63) is 47.5 Å². The van der Waals surface area contributed by atoms with E-state index in [1.54, 1.807) is 11.3 Å². The molecule has 0 unspecified atom stereocenters. The first kappa shape index (κ1) is 12.7. The number of benzene rings is 1. The summed E-state index contributed by atoms with van der Waals surface area (Å²) in [6.45, 7) is 3.92. The molecule has 0 spiro atoms. The van der Waals surface area contributed by atoms with Gasteiger partial charge in [-0.1, -0.05) is 30.4 Å². The molecule has 0 N–H and O–H groups in total. The highest BCUT2D eigenvalue weighted by Gasteiger charge is 2.21. The molecule has 0 bridgehead atoms. The Hall–Kier alpha value is -2.01. The third-order valence-corrected chi connectivity index (χ3v) is 4.96. The van der Waals surface area contributed by atoms with Crippen molar-refractivity contribution in [2.75, 3.05) is 11.4 Å². The van der Waals surface area contributed by atoms with Crippen molar-refractivity contribution in [1.82, 2.24) is 15.0 Å². The molecule has 0 aliphatic carbocycles. The summed E-state index contributed by atoms with van der Waals surface area (Å²) in [5.41, 5.74) is 3.53. The van der Waals surface area contributed by atoms with Crippen molar-refractivity contribution < 1.29 is 0 Å². The molecule has 0 radical (unpaired) electrons. The van der Waals surface area contributed by atoms with E-state index in [1.807, 2.05) is 12.3 Å². The predicted octanol–water partition coefficient (Wildman–Crippen LogP) is 3.21. The van der Waals surface area contributed by atoms with Crippen molar-refractivity contribution in [3.8, 4) is 0 Å². The molecule has 5 heteroatoms. The van der Waals surface area contributed by atoms with Gasteiger partial charge in [-0.3, -0.25) is 0 Å². The fraction of sp³-hybridized carbons (Fsp3) is 0.312. The minimum Gasteiger partial charge on any atom is -0.342 e. The van der Waals surface area contributed by atoms with Gasteiger partial charge in [-0.05, 0) is 24.1 Å². The van der Waals surface area contributed by atoms with E-state index in [2.05, 4.69) is 40.0 Å². The van der Waals surface area contributed by atoms with E-state index in [4.69, 9.17) is 4.98 Å². The average Bonchev–Trinajstić information content (AvgIpc) is 2.97. The van der Waals surface area contributed by atoms with Crippen LogP contribution >= 0.6 is 11.3 Å². The molecule has 1 aliphatic heterocycles. The second-order valence-corrected chi connectivity index (χ2v) is 6.26. The molecule has 0 saturated carbocycles. The summed E-state index contributed by atoms with van der Waals surface area (Å²) in [5, 5.41) is 1.10. The van der Waals surface area contributed by atoms with Crippen molar-refractivity contribution >= 4 is 26.7 Å². The molecule has 106 valence electrons. The van der Waals surface area contributed by atoms with E-state index in [0.29, 0.717) is 0 Å². The number of aryl methyl sites for hydroxylation is 1. The van der Waals surface area contributed by atoms with Gasteiger partial charge in [0.1, 0.15) is 5.82 Å². The summed E-state index contributed by atoms with van der Waals surface area (Å²) < 4.78 is 1.25. The molecule has 0 amide bonds. The molecule has 0 atom stereocenters. The van der Waals surface area contributed by atoms with Crippen LogP contribution < -0.4 is 4.90 Å². The first-order valence-corrected chi connectivity index (χ1v) is 8.09. The van der Waals surface area contributed by atoms with Crippen molar-refractivity contribution in [1.29, 1.82) is 0 Å². The zero-order valence-corrected chi connectivity index (χ0v) is 12.7. The quantitative estimate of drug-likeness (QED) is 0.728. The van der Waals surface area contributed by atoms with Crippen LogP contribution in [0.5, 0.6) is 0 Å². The second-order valence-electron chi connectivity index (χ2n) is 5.25. The summed E-state index contributed by atoms with van der Waals surface area (Å²) in [5.74, 6) is 0.930. The molecule has 0 fully saturated rings. The smallest absolute Gasteiger partial charge is 0.186 e. The molecule has 1 aromatic carbocycles. The molecule has 21 heavy (non-hydrogen) atoms. The number of rotatable bonds is 2. The SMILES string of the molecule is CCc1ncc2c(n1)CN(c1nc3ccccc3s1)CC2. The van der Waals surface area contributed by atoms with Crippen LogP contribution in [0.15, 0.2) is 30.5 Å². The normalized spacial score (nSPS) is 14.4. The van der Waals surface area contributed by atoms with Gasteiger partial charge in [0.25, 0.3) is 0 Å².